The van der Waals surface area contributed by atoms with E-state index in [1.165, 1.54) is 18.4 Å². The van der Waals surface area contributed by atoms with Crippen LogP contribution < -0.4 is 4.74 Å². The maximum atomic E-state index is 6.16. The fourth-order valence-electron chi connectivity index (χ4n) is 2.79. The van der Waals surface area contributed by atoms with E-state index in [-0.39, 0.29) is 11.5 Å². The van der Waals surface area contributed by atoms with Gasteiger partial charge in [0.1, 0.15) is 11.9 Å². The Balaban J connectivity index is 2.03. The SMILES string of the molecule is C#C[CH]C1CCCCC1Oc1ccc(C(C)(C)C)cc1. The monoisotopic (exact) mass is 269 g/mol. The molecule has 1 aliphatic carbocycles. The van der Waals surface area contributed by atoms with Gasteiger partial charge < -0.3 is 4.74 Å². The van der Waals surface area contributed by atoms with Gasteiger partial charge in [0.15, 0.2) is 0 Å². The summed E-state index contributed by atoms with van der Waals surface area (Å²) in [5.41, 5.74) is 1.52. The molecule has 0 heterocycles. The zero-order valence-electron chi connectivity index (χ0n) is 12.9. The smallest absolute Gasteiger partial charge is 0.119 e. The fourth-order valence-corrected chi connectivity index (χ4v) is 2.79. The molecule has 0 N–H and O–H groups in total. The van der Waals surface area contributed by atoms with Gasteiger partial charge in [-0.25, -0.2) is 0 Å². The summed E-state index contributed by atoms with van der Waals surface area (Å²) in [6.07, 6.45) is 12.4. The highest BCUT2D eigenvalue weighted by molar-refractivity contribution is 5.31. The summed E-state index contributed by atoms with van der Waals surface area (Å²) in [7, 11) is 0. The molecule has 107 valence electrons. The van der Waals surface area contributed by atoms with E-state index >= 15 is 0 Å². The molecule has 1 radical (unpaired) electrons. The molecule has 0 bridgehead atoms. The summed E-state index contributed by atoms with van der Waals surface area (Å²) in [4.78, 5) is 0. The van der Waals surface area contributed by atoms with Crippen LogP contribution in [-0.2, 0) is 5.41 Å². The van der Waals surface area contributed by atoms with Gasteiger partial charge in [0, 0.05) is 12.3 Å². The summed E-state index contributed by atoms with van der Waals surface area (Å²) in [5, 5.41) is 0. The molecule has 1 aromatic rings. The van der Waals surface area contributed by atoms with Crippen LogP contribution in [0.25, 0.3) is 0 Å². The van der Waals surface area contributed by atoms with Crippen molar-refractivity contribution in [2.24, 2.45) is 5.92 Å². The summed E-state index contributed by atoms with van der Waals surface area (Å²) in [5.74, 6) is 4.03. The van der Waals surface area contributed by atoms with Crippen LogP contribution in [0, 0.1) is 24.7 Å². The molecule has 1 fully saturated rings. The lowest BCUT2D eigenvalue weighted by Crippen LogP contribution is -2.30. The van der Waals surface area contributed by atoms with Crippen molar-refractivity contribution in [2.45, 2.75) is 58.0 Å². The Morgan fingerprint density at radius 3 is 2.40 bits per heavy atom. The van der Waals surface area contributed by atoms with Crippen molar-refractivity contribution in [3.05, 3.63) is 36.2 Å². The Kier molecular flexibility index (Phi) is 4.76. The van der Waals surface area contributed by atoms with E-state index in [0.29, 0.717) is 5.92 Å². The van der Waals surface area contributed by atoms with Gasteiger partial charge >= 0.3 is 0 Å². The molecule has 2 atom stereocenters. The number of hydrogen-bond acceptors (Lipinski definition) is 1. The summed E-state index contributed by atoms with van der Waals surface area (Å²) >= 11 is 0. The Hall–Kier alpha value is -1.42. The van der Waals surface area contributed by atoms with Gasteiger partial charge in [0.05, 0.1) is 0 Å². The highest BCUT2D eigenvalue weighted by Crippen LogP contribution is 2.31. The normalized spacial score (nSPS) is 23.1. The zero-order valence-corrected chi connectivity index (χ0v) is 12.9. The lowest BCUT2D eigenvalue weighted by Gasteiger charge is -2.30. The minimum absolute atomic E-state index is 0.184. The standard InChI is InChI=1S/C19H25O/c1-5-8-15-9-6-7-10-18(15)20-17-13-11-16(12-14-17)19(2,3)4/h1,8,11-15,18H,6-7,9-10H2,2-4H3. The maximum absolute atomic E-state index is 6.16. The van der Waals surface area contributed by atoms with E-state index in [1.54, 1.807) is 0 Å². The van der Waals surface area contributed by atoms with Gasteiger partial charge in [-0.2, -0.15) is 0 Å². The lowest BCUT2D eigenvalue weighted by atomic mass is 9.84. The van der Waals surface area contributed by atoms with E-state index in [2.05, 4.69) is 51.0 Å². The molecule has 1 aliphatic rings. The van der Waals surface area contributed by atoms with Crippen LogP contribution in [0.4, 0.5) is 0 Å². The molecule has 0 aromatic heterocycles. The molecule has 1 saturated carbocycles. The maximum Gasteiger partial charge on any atom is 0.119 e. The van der Waals surface area contributed by atoms with Crippen molar-refractivity contribution < 1.29 is 4.74 Å². The van der Waals surface area contributed by atoms with Crippen molar-refractivity contribution in [1.82, 2.24) is 0 Å². The molecule has 0 aliphatic heterocycles. The van der Waals surface area contributed by atoms with E-state index in [9.17, 15) is 0 Å². The Labute approximate surface area is 123 Å². The molecule has 1 heteroatoms. The summed E-state index contributed by atoms with van der Waals surface area (Å²) in [6.45, 7) is 6.67. The molecular weight excluding hydrogens is 244 g/mol. The second kappa shape index (κ2) is 6.35. The van der Waals surface area contributed by atoms with Gasteiger partial charge in [-0.15, -0.1) is 12.3 Å². The number of terminal acetylenes is 1. The minimum Gasteiger partial charge on any atom is -0.490 e. The van der Waals surface area contributed by atoms with E-state index < -0.39 is 0 Å². The van der Waals surface area contributed by atoms with Crippen LogP contribution in [0.5, 0.6) is 5.75 Å². The fraction of sp³-hybridized carbons (Fsp3) is 0.526. The van der Waals surface area contributed by atoms with Crippen molar-refractivity contribution in [3.63, 3.8) is 0 Å². The van der Waals surface area contributed by atoms with Crippen molar-refractivity contribution in [2.75, 3.05) is 0 Å². The first-order valence-electron chi connectivity index (χ1n) is 7.57. The molecule has 1 aromatic carbocycles. The third-order valence-electron chi connectivity index (χ3n) is 4.07. The zero-order chi connectivity index (χ0) is 14.6. The molecule has 1 nitrogen and oxygen atoms in total. The molecule has 20 heavy (non-hydrogen) atoms. The van der Waals surface area contributed by atoms with Gasteiger partial charge in [-0.05, 0) is 42.4 Å². The highest BCUT2D eigenvalue weighted by atomic mass is 16.5. The quantitative estimate of drug-likeness (QED) is 0.719. The van der Waals surface area contributed by atoms with Gasteiger partial charge in [-0.1, -0.05) is 39.3 Å². The van der Waals surface area contributed by atoms with Crippen LogP contribution in [-0.4, -0.2) is 6.10 Å². The van der Waals surface area contributed by atoms with Crippen molar-refractivity contribution in [3.8, 4) is 18.1 Å². The number of hydrogen-bond donors (Lipinski definition) is 0. The molecule has 0 saturated heterocycles. The Morgan fingerprint density at radius 2 is 1.80 bits per heavy atom. The van der Waals surface area contributed by atoms with Gasteiger partial charge in [0.2, 0.25) is 0 Å². The average molecular weight is 269 g/mol. The second-order valence-corrected chi connectivity index (χ2v) is 6.71. The lowest BCUT2D eigenvalue weighted by molar-refractivity contribution is 0.111. The molecule has 2 unspecified atom stereocenters. The first-order valence-corrected chi connectivity index (χ1v) is 7.57. The Morgan fingerprint density at radius 1 is 1.15 bits per heavy atom. The molecule has 0 amide bonds. The first kappa shape index (κ1) is 15.0. The third kappa shape index (κ3) is 3.79. The largest absolute Gasteiger partial charge is 0.490 e. The third-order valence-corrected chi connectivity index (χ3v) is 4.07. The minimum atomic E-state index is 0.184. The van der Waals surface area contributed by atoms with E-state index in [4.69, 9.17) is 11.2 Å². The molecule has 0 spiro atoms. The predicted octanol–water partition coefficient (Wildman–Crippen LogP) is 4.76. The number of rotatable bonds is 3. The topological polar surface area (TPSA) is 9.23 Å². The molecular formula is C19H25O. The van der Waals surface area contributed by atoms with Crippen LogP contribution in [0.1, 0.15) is 52.0 Å². The first-order chi connectivity index (χ1) is 9.50. The second-order valence-electron chi connectivity index (χ2n) is 6.71. The van der Waals surface area contributed by atoms with Gasteiger partial charge in [-0.3, -0.25) is 0 Å². The van der Waals surface area contributed by atoms with Crippen LogP contribution in [0.15, 0.2) is 24.3 Å². The van der Waals surface area contributed by atoms with E-state index in [1.807, 2.05) is 6.42 Å². The average Bonchev–Trinajstić information content (AvgIpc) is 2.41. The van der Waals surface area contributed by atoms with Crippen LogP contribution >= 0.6 is 0 Å². The predicted molar refractivity (Wildman–Crippen MR) is 84.6 cm³/mol. The highest BCUT2D eigenvalue weighted by Gasteiger charge is 2.26. The summed E-state index contributed by atoms with van der Waals surface area (Å²) in [6, 6.07) is 8.50. The number of ether oxygens (including phenoxy) is 1. The van der Waals surface area contributed by atoms with Crippen molar-refractivity contribution >= 4 is 0 Å². The van der Waals surface area contributed by atoms with E-state index in [0.717, 1.165) is 18.6 Å². The van der Waals surface area contributed by atoms with Crippen LogP contribution in [0.2, 0.25) is 0 Å². The Bertz CT molecular complexity index is 458. The van der Waals surface area contributed by atoms with Crippen LogP contribution in [0.3, 0.4) is 0 Å². The summed E-state index contributed by atoms with van der Waals surface area (Å²) < 4.78 is 6.16. The number of benzene rings is 1. The van der Waals surface area contributed by atoms with Crippen molar-refractivity contribution in [1.29, 1.82) is 0 Å². The van der Waals surface area contributed by atoms with Gasteiger partial charge in [0.25, 0.3) is 0 Å². The molecule has 2 rings (SSSR count).